The molecule has 0 atom stereocenters. The van der Waals surface area contributed by atoms with E-state index in [0.29, 0.717) is 65.6 Å². The Labute approximate surface area is 126 Å². The molecule has 0 aromatic carbocycles. The van der Waals surface area contributed by atoms with Crippen LogP contribution >= 0.6 is 0 Å². The lowest BCUT2D eigenvalue weighted by Crippen LogP contribution is -2.40. The summed E-state index contributed by atoms with van der Waals surface area (Å²) in [6, 6.07) is 0. The van der Waals surface area contributed by atoms with Gasteiger partial charge in [0.15, 0.2) is 0 Å². The smallest absolute Gasteiger partial charge is 0.409 e. The number of rotatable bonds is 2. The van der Waals surface area contributed by atoms with Crippen LogP contribution < -0.4 is 0 Å². The Kier molecular flexibility index (Phi) is 8.77. The molecular formula is C14H26N2O5. The number of amides is 2. The zero-order chi connectivity index (χ0) is 15.5. The van der Waals surface area contributed by atoms with Gasteiger partial charge in [-0.05, 0) is 6.92 Å². The summed E-state index contributed by atoms with van der Waals surface area (Å²) in [6.45, 7) is 7.77. The molecular weight excluding hydrogens is 276 g/mol. The lowest BCUT2D eigenvalue weighted by Gasteiger charge is -2.25. The summed E-state index contributed by atoms with van der Waals surface area (Å²) in [4.78, 5) is 26.8. The maximum Gasteiger partial charge on any atom is 0.409 e. The van der Waals surface area contributed by atoms with Crippen molar-refractivity contribution in [1.29, 1.82) is 0 Å². The van der Waals surface area contributed by atoms with Gasteiger partial charge in [0.1, 0.15) is 0 Å². The molecule has 1 rings (SSSR count). The Morgan fingerprint density at radius 2 is 1.38 bits per heavy atom. The lowest BCUT2D eigenvalue weighted by atomic mass is 10.3. The first-order valence-corrected chi connectivity index (χ1v) is 7.54. The Morgan fingerprint density at radius 1 is 0.905 bits per heavy atom. The topological polar surface area (TPSA) is 68.3 Å². The van der Waals surface area contributed by atoms with Gasteiger partial charge in [-0.2, -0.15) is 0 Å². The van der Waals surface area contributed by atoms with Crippen LogP contribution in [0.25, 0.3) is 0 Å². The van der Waals surface area contributed by atoms with Crippen LogP contribution in [-0.2, 0) is 19.0 Å². The van der Waals surface area contributed by atoms with Crippen LogP contribution in [0, 0.1) is 0 Å². The number of carbonyl (C=O) groups is 2. The average Bonchev–Trinajstić information content (AvgIpc) is 2.47. The van der Waals surface area contributed by atoms with Gasteiger partial charge in [0.05, 0.1) is 33.0 Å². The quantitative estimate of drug-likeness (QED) is 0.752. The third kappa shape index (κ3) is 6.77. The normalized spacial score (nSPS) is 18.6. The summed E-state index contributed by atoms with van der Waals surface area (Å²) in [5.41, 5.74) is 0. The fourth-order valence-electron chi connectivity index (χ4n) is 2.00. The van der Waals surface area contributed by atoms with Crippen molar-refractivity contribution in [3.63, 3.8) is 0 Å². The van der Waals surface area contributed by atoms with Gasteiger partial charge in [-0.15, -0.1) is 0 Å². The van der Waals surface area contributed by atoms with E-state index in [-0.39, 0.29) is 12.0 Å². The summed E-state index contributed by atoms with van der Waals surface area (Å²) in [6.07, 6.45) is 0.140. The number of nitrogens with zero attached hydrogens (tertiary/aromatic N) is 2. The van der Waals surface area contributed by atoms with Crippen molar-refractivity contribution in [3.05, 3.63) is 0 Å². The van der Waals surface area contributed by atoms with Gasteiger partial charge >= 0.3 is 6.09 Å². The molecule has 7 nitrogen and oxygen atoms in total. The van der Waals surface area contributed by atoms with E-state index >= 15 is 0 Å². The number of carbonyl (C=O) groups excluding carboxylic acids is 2. The van der Waals surface area contributed by atoms with E-state index in [4.69, 9.17) is 14.2 Å². The minimum atomic E-state index is -0.343. The predicted molar refractivity (Wildman–Crippen MR) is 77.1 cm³/mol. The molecule has 0 radical (unpaired) electrons. The first-order chi connectivity index (χ1) is 10.2. The van der Waals surface area contributed by atoms with Crippen molar-refractivity contribution in [2.75, 3.05) is 59.2 Å². The van der Waals surface area contributed by atoms with E-state index in [0.717, 1.165) is 0 Å². The second-order valence-corrected chi connectivity index (χ2v) is 4.65. The third-order valence-corrected chi connectivity index (χ3v) is 3.20. The number of hydrogen-bond acceptors (Lipinski definition) is 5. The van der Waals surface area contributed by atoms with E-state index in [1.54, 1.807) is 16.7 Å². The standard InChI is InChI=1S/C14H26N2O5/c1-3-13(17)15-5-9-19-11-7-16(14(18)21-4-2)8-12-20-10-6-15/h3-12H2,1-2H3. The fraction of sp³-hybridized carbons (Fsp3) is 0.857. The molecule has 0 spiro atoms. The van der Waals surface area contributed by atoms with Gasteiger partial charge in [0, 0.05) is 32.6 Å². The van der Waals surface area contributed by atoms with Crippen LogP contribution in [0.3, 0.4) is 0 Å². The second-order valence-electron chi connectivity index (χ2n) is 4.65. The fourth-order valence-corrected chi connectivity index (χ4v) is 2.00. The van der Waals surface area contributed by atoms with Gasteiger partial charge in [-0.25, -0.2) is 4.79 Å². The van der Waals surface area contributed by atoms with Gasteiger partial charge in [0.25, 0.3) is 0 Å². The van der Waals surface area contributed by atoms with E-state index < -0.39 is 0 Å². The second kappa shape index (κ2) is 10.4. The Morgan fingerprint density at radius 3 is 1.81 bits per heavy atom. The Hall–Kier alpha value is -1.34. The largest absolute Gasteiger partial charge is 0.450 e. The van der Waals surface area contributed by atoms with Crippen molar-refractivity contribution in [3.8, 4) is 0 Å². The maximum atomic E-state index is 11.7. The minimum absolute atomic E-state index is 0.104. The molecule has 2 amide bonds. The molecule has 0 aromatic heterocycles. The van der Waals surface area contributed by atoms with Crippen LogP contribution in [-0.4, -0.2) is 81.0 Å². The molecule has 0 N–H and O–H groups in total. The van der Waals surface area contributed by atoms with Gasteiger partial charge < -0.3 is 24.0 Å². The van der Waals surface area contributed by atoms with Crippen LogP contribution in [0.1, 0.15) is 20.3 Å². The van der Waals surface area contributed by atoms with E-state index in [1.807, 2.05) is 6.92 Å². The predicted octanol–water partition coefficient (Wildman–Crippen LogP) is 0.730. The lowest BCUT2D eigenvalue weighted by molar-refractivity contribution is -0.132. The molecule has 1 saturated heterocycles. The summed E-state index contributed by atoms with van der Waals surface area (Å²) in [5, 5.41) is 0. The van der Waals surface area contributed by atoms with Gasteiger partial charge in [0.2, 0.25) is 5.91 Å². The highest BCUT2D eigenvalue weighted by Gasteiger charge is 2.16. The first-order valence-electron chi connectivity index (χ1n) is 7.54. The number of hydrogen-bond donors (Lipinski definition) is 0. The van der Waals surface area contributed by atoms with Crippen molar-refractivity contribution >= 4 is 12.0 Å². The highest BCUT2D eigenvalue weighted by molar-refractivity contribution is 5.75. The molecule has 1 aliphatic heterocycles. The van der Waals surface area contributed by atoms with E-state index in [2.05, 4.69) is 0 Å². The van der Waals surface area contributed by atoms with E-state index in [9.17, 15) is 9.59 Å². The summed E-state index contributed by atoms with van der Waals surface area (Å²) < 4.78 is 16.0. The van der Waals surface area contributed by atoms with Crippen LogP contribution in [0.2, 0.25) is 0 Å². The molecule has 1 fully saturated rings. The summed E-state index contributed by atoms with van der Waals surface area (Å²) in [5.74, 6) is 0.104. The van der Waals surface area contributed by atoms with Crippen LogP contribution in [0.4, 0.5) is 4.79 Å². The summed E-state index contributed by atoms with van der Waals surface area (Å²) >= 11 is 0. The maximum absolute atomic E-state index is 11.7. The molecule has 0 aromatic rings. The highest BCUT2D eigenvalue weighted by atomic mass is 16.6. The monoisotopic (exact) mass is 302 g/mol. The Balaban J connectivity index is 2.45. The molecule has 21 heavy (non-hydrogen) atoms. The molecule has 1 aliphatic rings. The van der Waals surface area contributed by atoms with Crippen molar-refractivity contribution in [2.24, 2.45) is 0 Å². The number of ether oxygens (including phenoxy) is 3. The Bertz CT molecular complexity index is 310. The van der Waals surface area contributed by atoms with Gasteiger partial charge in [-0.3, -0.25) is 4.79 Å². The molecule has 0 bridgehead atoms. The third-order valence-electron chi connectivity index (χ3n) is 3.20. The molecule has 7 heteroatoms. The van der Waals surface area contributed by atoms with Crippen molar-refractivity contribution in [1.82, 2.24) is 9.80 Å². The van der Waals surface area contributed by atoms with E-state index in [1.165, 1.54) is 0 Å². The van der Waals surface area contributed by atoms with Gasteiger partial charge in [-0.1, -0.05) is 6.92 Å². The average molecular weight is 302 g/mol. The minimum Gasteiger partial charge on any atom is -0.450 e. The highest BCUT2D eigenvalue weighted by Crippen LogP contribution is 1.99. The zero-order valence-corrected chi connectivity index (χ0v) is 13.0. The zero-order valence-electron chi connectivity index (χ0n) is 13.0. The molecule has 1 heterocycles. The molecule has 0 aliphatic carbocycles. The summed E-state index contributed by atoms with van der Waals surface area (Å²) in [7, 11) is 0. The SMILES string of the molecule is CCOC(=O)N1CCOCCN(C(=O)CC)CCOCC1. The first kappa shape index (κ1) is 17.7. The molecule has 0 saturated carbocycles. The van der Waals surface area contributed by atoms with Crippen molar-refractivity contribution < 1.29 is 23.8 Å². The molecule has 0 unspecified atom stereocenters. The van der Waals surface area contributed by atoms with Crippen LogP contribution in [0.15, 0.2) is 0 Å². The molecule has 122 valence electrons. The van der Waals surface area contributed by atoms with Crippen LogP contribution in [0.5, 0.6) is 0 Å². The van der Waals surface area contributed by atoms with Crippen molar-refractivity contribution in [2.45, 2.75) is 20.3 Å².